The van der Waals surface area contributed by atoms with Gasteiger partial charge in [0.2, 0.25) is 0 Å². The number of primary amides is 1. The highest BCUT2D eigenvalue weighted by Gasteiger charge is 2.17. The first-order valence-electron chi connectivity index (χ1n) is 6.23. The quantitative estimate of drug-likeness (QED) is 0.768. The van der Waals surface area contributed by atoms with Gasteiger partial charge in [-0.2, -0.15) is 5.10 Å². The van der Waals surface area contributed by atoms with Crippen molar-refractivity contribution in [1.82, 2.24) is 19.3 Å². The molecule has 0 radical (unpaired) electrons. The fraction of sp³-hybridized carbons (Fsp3) is 0.231. The summed E-state index contributed by atoms with van der Waals surface area (Å²) in [4.78, 5) is 29.1. The monoisotopic (exact) mass is 303 g/mol. The number of hydrogen-bond donors (Lipinski definition) is 1. The molecule has 0 saturated carbocycles. The highest BCUT2D eigenvalue weighted by atomic mass is 32.1. The van der Waals surface area contributed by atoms with Crippen LogP contribution in [0.15, 0.2) is 23.5 Å². The Hall–Kier alpha value is -2.48. The van der Waals surface area contributed by atoms with Gasteiger partial charge in [0.1, 0.15) is 4.83 Å². The van der Waals surface area contributed by atoms with Crippen molar-refractivity contribution in [2.45, 2.75) is 13.5 Å². The second-order valence-electron chi connectivity index (χ2n) is 4.80. The molecule has 1 amide bonds. The molecule has 3 aromatic rings. The Morgan fingerprint density at radius 2 is 2.24 bits per heavy atom. The van der Waals surface area contributed by atoms with Crippen molar-refractivity contribution in [2.24, 2.45) is 12.8 Å². The van der Waals surface area contributed by atoms with Crippen LogP contribution in [0.25, 0.3) is 10.2 Å². The third-order valence-electron chi connectivity index (χ3n) is 3.25. The first kappa shape index (κ1) is 13.5. The number of aromatic nitrogens is 4. The Bertz CT molecular complexity index is 905. The molecule has 0 saturated heterocycles. The number of nitrogens with zero attached hydrogens (tertiary/aromatic N) is 4. The lowest BCUT2D eigenvalue weighted by molar-refractivity contribution is 0.100. The summed E-state index contributed by atoms with van der Waals surface area (Å²) in [7, 11) is 1.82. The van der Waals surface area contributed by atoms with Gasteiger partial charge in [-0.15, -0.1) is 11.3 Å². The van der Waals surface area contributed by atoms with E-state index in [2.05, 4.69) is 10.1 Å². The predicted octanol–water partition coefficient (Wildman–Crippen LogP) is 0.647. The summed E-state index contributed by atoms with van der Waals surface area (Å²) in [5, 5.41) is 4.53. The number of amides is 1. The third-order valence-corrected chi connectivity index (χ3v) is 4.47. The van der Waals surface area contributed by atoms with Crippen LogP contribution in [0.3, 0.4) is 0 Å². The number of nitrogens with two attached hydrogens (primary N) is 1. The van der Waals surface area contributed by atoms with Crippen LogP contribution in [0.4, 0.5) is 0 Å². The van der Waals surface area contributed by atoms with E-state index in [9.17, 15) is 9.59 Å². The number of thiophene rings is 1. The number of hydrogen-bond acceptors (Lipinski definition) is 5. The van der Waals surface area contributed by atoms with E-state index in [1.54, 1.807) is 17.8 Å². The Labute approximate surface area is 123 Å². The normalized spacial score (nSPS) is 11.1. The van der Waals surface area contributed by atoms with Crippen LogP contribution in [0.1, 0.15) is 20.8 Å². The molecular formula is C13H13N5O2S. The van der Waals surface area contributed by atoms with Crippen molar-refractivity contribution in [3.63, 3.8) is 0 Å². The maximum atomic E-state index is 12.5. The van der Waals surface area contributed by atoms with Crippen LogP contribution in [0, 0.1) is 6.92 Å². The van der Waals surface area contributed by atoms with Gasteiger partial charge in [0.15, 0.2) is 0 Å². The van der Waals surface area contributed by atoms with Gasteiger partial charge in [0, 0.05) is 18.8 Å². The predicted molar refractivity (Wildman–Crippen MR) is 79.4 cm³/mol. The molecule has 0 atom stereocenters. The van der Waals surface area contributed by atoms with Crippen LogP contribution in [-0.2, 0) is 13.6 Å². The van der Waals surface area contributed by atoms with E-state index in [-0.39, 0.29) is 5.56 Å². The van der Waals surface area contributed by atoms with Gasteiger partial charge in [-0.3, -0.25) is 18.8 Å². The van der Waals surface area contributed by atoms with E-state index in [0.717, 1.165) is 16.9 Å². The SMILES string of the molecule is Cc1c(C(N)=O)sc2ncn(Cc3cnn(C)c3)c(=O)c12. The summed E-state index contributed by atoms with van der Waals surface area (Å²) in [5.74, 6) is -0.534. The van der Waals surface area contributed by atoms with E-state index in [0.29, 0.717) is 27.2 Å². The Morgan fingerprint density at radius 1 is 1.48 bits per heavy atom. The maximum Gasteiger partial charge on any atom is 0.262 e. The van der Waals surface area contributed by atoms with Crippen molar-refractivity contribution in [3.05, 3.63) is 45.1 Å². The minimum atomic E-state index is -0.534. The Kier molecular flexibility index (Phi) is 3.09. The molecule has 0 aromatic carbocycles. The largest absolute Gasteiger partial charge is 0.365 e. The van der Waals surface area contributed by atoms with Gasteiger partial charge in [0.05, 0.1) is 29.3 Å². The minimum absolute atomic E-state index is 0.176. The van der Waals surface area contributed by atoms with Crippen LogP contribution >= 0.6 is 11.3 Å². The summed E-state index contributed by atoms with van der Waals surface area (Å²) < 4.78 is 3.18. The van der Waals surface area contributed by atoms with Gasteiger partial charge in [0.25, 0.3) is 11.5 Å². The molecule has 8 heteroatoms. The van der Waals surface area contributed by atoms with Crippen molar-refractivity contribution in [2.75, 3.05) is 0 Å². The molecule has 0 aliphatic rings. The van der Waals surface area contributed by atoms with Gasteiger partial charge in [-0.25, -0.2) is 4.98 Å². The number of aryl methyl sites for hydroxylation is 2. The standard InChI is InChI=1S/C13H13N5O2S/c1-7-9-12(21-10(7)11(14)19)15-6-18(13(9)20)5-8-3-16-17(2)4-8/h3-4,6H,5H2,1-2H3,(H2,14,19). The molecule has 3 aromatic heterocycles. The van der Waals surface area contributed by atoms with Crippen molar-refractivity contribution in [3.8, 4) is 0 Å². The fourth-order valence-corrected chi connectivity index (χ4v) is 3.25. The highest BCUT2D eigenvalue weighted by Crippen LogP contribution is 2.26. The second-order valence-corrected chi connectivity index (χ2v) is 5.80. The molecule has 0 aliphatic carbocycles. The second kappa shape index (κ2) is 4.81. The number of carbonyl (C=O) groups excluding carboxylic acids is 1. The summed E-state index contributed by atoms with van der Waals surface area (Å²) in [6.07, 6.45) is 5.02. The smallest absolute Gasteiger partial charge is 0.262 e. The van der Waals surface area contributed by atoms with E-state index >= 15 is 0 Å². The summed E-state index contributed by atoms with van der Waals surface area (Å²) >= 11 is 1.15. The summed E-state index contributed by atoms with van der Waals surface area (Å²) in [6, 6.07) is 0. The zero-order valence-corrected chi connectivity index (χ0v) is 12.3. The first-order valence-corrected chi connectivity index (χ1v) is 7.05. The average molecular weight is 303 g/mol. The van der Waals surface area contributed by atoms with Crippen molar-refractivity contribution in [1.29, 1.82) is 0 Å². The highest BCUT2D eigenvalue weighted by molar-refractivity contribution is 7.20. The van der Waals surface area contributed by atoms with E-state index < -0.39 is 5.91 Å². The maximum absolute atomic E-state index is 12.5. The molecule has 21 heavy (non-hydrogen) atoms. The number of carbonyl (C=O) groups is 1. The Balaban J connectivity index is 2.13. The molecular weight excluding hydrogens is 290 g/mol. The lowest BCUT2D eigenvalue weighted by atomic mass is 10.2. The lowest BCUT2D eigenvalue weighted by Crippen LogP contribution is -2.21. The first-order chi connectivity index (χ1) is 9.97. The third kappa shape index (κ3) is 2.23. The molecule has 3 heterocycles. The molecule has 0 fully saturated rings. The van der Waals surface area contributed by atoms with E-state index in [1.165, 1.54) is 10.9 Å². The molecule has 108 valence electrons. The van der Waals surface area contributed by atoms with Crippen LogP contribution in [0.2, 0.25) is 0 Å². The van der Waals surface area contributed by atoms with Gasteiger partial charge < -0.3 is 5.73 Å². The fourth-order valence-electron chi connectivity index (χ4n) is 2.26. The molecule has 0 bridgehead atoms. The zero-order chi connectivity index (χ0) is 15.1. The number of fused-ring (bicyclic) bond motifs is 1. The zero-order valence-electron chi connectivity index (χ0n) is 11.5. The van der Waals surface area contributed by atoms with Crippen LogP contribution < -0.4 is 11.3 Å². The topological polar surface area (TPSA) is 95.8 Å². The summed E-state index contributed by atoms with van der Waals surface area (Å²) in [5.41, 5.74) is 6.64. The van der Waals surface area contributed by atoms with Gasteiger partial charge in [-0.1, -0.05) is 0 Å². The lowest BCUT2D eigenvalue weighted by Gasteiger charge is -2.03. The van der Waals surface area contributed by atoms with E-state index in [4.69, 9.17) is 5.73 Å². The van der Waals surface area contributed by atoms with Crippen molar-refractivity contribution >= 4 is 27.5 Å². The minimum Gasteiger partial charge on any atom is -0.365 e. The van der Waals surface area contributed by atoms with E-state index in [1.807, 2.05) is 13.2 Å². The Morgan fingerprint density at radius 3 is 2.86 bits per heavy atom. The van der Waals surface area contributed by atoms with Gasteiger partial charge in [-0.05, 0) is 12.5 Å². The van der Waals surface area contributed by atoms with Gasteiger partial charge >= 0.3 is 0 Å². The molecule has 0 spiro atoms. The van der Waals surface area contributed by atoms with Crippen LogP contribution in [-0.4, -0.2) is 25.2 Å². The molecule has 3 rings (SSSR count). The molecule has 7 nitrogen and oxygen atoms in total. The number of rotatable bonds is 3. The van der Waals surface area contributed by atoms with Crippen LogP contribution in [0.5, 0.6) is 0 Å². The average Bonchev–Trinajstić information content (AvgIpc) is 2.97. The molecule has 0 aliphatic heterocycles. The molecule has 2 N–H and O–H groups in total. The van der Waals surface area contributed by atoms with Crippen molar-refractivity contribution < 1.29 is 4.79 Å². The molecule has 0 unspecified atom stereocenters. The summed E-state index contributed by atoms with van der Waals surface area (Å²) in [6.45, 7) is 2.10.